The van der Waals surface area contributed by atoms with Crippen LogP contribution in [0.1, 0.15) is 32.1 Å². The third-order valence-electron chi connectivity index (χ3n) is 3.89. The predicted molar refractivity (Wildman–Crippen MR) is 54.3 cm³/mol. The molecule has 0 aromatic carbocycles. The van der Waals surface area contributed by atoms with Gasteiger partial charge < -0.3 is 0 Å². The average molecular weight is 222 g/mol. The van der Waals surface area contributed by atoms with Crippen molar-refractivity contribution < 1.29 is 14.4 Å². The molecule has 3 rings (SSSR count). The Labute approximate surface area is 93.4 Å². The smallest absolute Gasteiger partial charge is 0.274 e. The second kappa shape index (κ2) is 3.30. The van der Waals surface area contributed by atoms with E-state index >= 15 is 0 Å². The van der Waals surface area contributed by atoms with Crippen LogP contribution in [0.2, 0.25) is 0 Å². The van der Waals surface area contributed by atoms with Crippen molar-refractivity contribution in [2.45, 2.75) is 38.1 Å². The lowest BCUT2D eigenvalue weighted by Crippen LogP contribution is -2.58. The fourth-order valence-electron chi connectivity index (χ4n) is 3.07. The first-order chi connectivity index (χ1) is 7.70. The zero-order valence-electron chi connectivity index (χ0n) is 9.02. The first-order valence-corrected chi connectivity index (χ1v) is 5.87. The molecule has 0 saturated carbocycles. The van der Waals surface area contributed by atoms with Gasteiger partial charge in [0.25, 0.3) is 0 Å². The number of amides is 4. The van der Waals surface area contributed by atoms with Crippen molar-refractivity contribution in [1.29, 1.82) is 0 Å². The molecule has 0 aromatic rings. The molecule has 3 saturated heterocycles. The molecule has 16 heavy (non-hydrogen) atoms. The molecule has 2 atom stereocenters. The number of carbonyl (C=O) groups excluding carboxylic acids is 3. The van der Waals surface area contributed by atoms with E-state index in [0.29, 0.717) is 13.0 Å². The van der Waals surface area contributed by atoms with Gasteiger partial charge in [-0.2, -0.15) is 0 Å². The molecule has 5 heteroatoms. The van der Waals surface area contributed by atoms with E-state index in [1.54, 1.807) is 0 Å². The molecule has 3 heterocycles. The minimum atomic E-state index is -0.379. The van der Waals surface area contributed by atoms with Gasteiger partial charge in [0.05, 0.1) is 12.0 Å². The van der Waals surface area contributed by atoms with E-state index in [4.69, 9.17) is 0 Å². The Kier molecular flexibility index (Phi) is 2.02. The molecule has 2 unspecified atom stereocenters. The summed E-state index contributed by atoms with van der Waals surface area (Å²) in [5.74, 6) is -0.294. The summed E-state index contributed by atoms with van der Waals surface area (Å²) in [5, 5.41) is 0. The topological polar surface area (TPSA) is 57.7 Å². The van der Waals surface area contributed by atoms with Crippen LogP contribution in [-0.4, -0.2) is 40.2 Å². The molecule has 3 aliphatic heterocycles. The fraction of sp³-hybridized carbons (Fsp3) is 0.727. The van der Waals surface area contributed by atoms with E-state index < -0.39 is 0 Å². The SMILES string of the molecule is O=C1C2CCN1C(=O)N1C(=O)CCCCC21. The van der Waals surface area contributed by atoms with Gasteiger partial charge in [0.15, 0.2) is 0 Å². The maximum Gasteiger partial charge on any atom is 0.333 e. The molecule has 3 fully saturated rings. The number of hydrogen-bond donors (Lipinski definition) is 0. The van der Waals surface area contributed by atoms with Gasteiger partial charge in [-0.15, -0.1) is 0 Å². The zero-order chi connectivity index (χ0) is 11.3. The first kappa shape index (κ1) is 9.81. The molecule has 0 N–H and O–H groups in total. The summed E-state index contributed by atoms with van der Waals surface area (Å²) in [6, 6.07) is -0.538. The molecule has 2 bridgehead atoms. The summed E-state index contributed by atoms with van der Waals surface area (Å²) in [7, 11) is 0. The highest BCUT2D eigenvalue weighted by atomic mass is 16.2. The quantitative estimate of drug-likeness (QED) is 0.607. The summed E-state index contributed by atoms with van der Waals surface area (Å²) < 4.78 is 0. The van der Waals surface area contributed by atoms with Crippen molar-refractivity contribution in [3.05, 3.63) is 0 Å². The van der Waals surface area contributed by atoms with Crippen LogP contribution in [0.15, 0.2) is 0 Å². The van der Waals surface area contributed by atoms with Crippen molar-refractivity contribution in [3.63, 3.8) is 0 Å². The van der Waals surface area contributed by atoms with E-state index in [9.17, 15) is 14.4 Å². The standard InChI is InChI=1S/C11H14N2O3/c14-9-4-2-1-3-8-7-5-6-12(10(7)15)11(16)13(8)9/h7-8H,1-6H2. The zero-order valence-corrected chi connectivity index (χ0v) is 9.02. The Morgan fingerprint density at radius 1 is 1.06 bits per heavy atom. The highest BCUT2D eigenvalue weighted by Gasteiger charge is 2.52. The minimum Gasteiger partial charge on any atom is -0.274 e. The maximum absolute atomic E-state index is 12.0. The normalized spacial score (nSPS) is 34.1. The summed E-state index contributed by atoms with van der Waals surface area (Å²) in [6.45, 7) is 0.489. The van der Waals surface area contributed by atoms with Gasteiger partial charge in [0.2, 0.25) is 11.8 Å². The van der Waals surface area contributed by atoms with Gasteiger partial charge in [-0.1, -0.05) is 6.42 Å². The van der Waals surface area contributed by atoms with Gasteiger partial charge in [0.1, 0.15) is 0 Å². The molecule has 86 valence electrons. The van der Waals surface area contributed by atoms with Crippen LogP contribution in [0.25, 0.3) is 0 Å². The highest BCUT2D eigenvalue weighted by Crippen LogP contribution is 2.36. The van der Waals surface area contributed by atoms with Gasteiger partial charge in [-0.05, 0) is 19.3 Å². The van der Waals surface area contributed by atoms with E-state index in [2.05, 4.69) is 0 Å². The fourth-order valence-corrected chi connectivity index (χ4v) is 3.07. The van der Waals surface area contributed by atoms with E-state index in [1.807, 2.05) is 0 Å². The lowest BCUT2D eigenvalue weighted by Gasteiger charge is -2.37. The first-order valence-electron chi connectivity index (χ1n) is 5.87. The van der Waals surface area contributed by atoms with Gasteiger partial charge in [-0.3, -0.25) is 19.4 Å². The Balaban J connectivity index is 2.01. The summed E-state index contributed by atoms with van der Waals surface area (Å²) in [5.41, 5.74) is 0. The van der Waals surface area contributed by atoms with Crippen LogP contribution in [0.3, 0.4) is 0 Å². The van der Waals surface area contributed by atoms with Crippen molar-refractivity contribution in [2.24, 2.45) is 5.92 Å². The number of nitrogens with zero attached hydrogens (tertiary/aromatic N) is 2. The van der Waals surface area contributed by atoms with Crippen molar-refractivity contribution in [1.82, 2.24) is 9.80 Å². The van der Waals surface area contributed by atoms with E-state index in [1.165, 1.54) is 9.80 Å². The van der Waals surface area contributed by atoms with Gasteiger partial charge >= 0.3 is 6.03 Å². The van der Waals surface area contributed by atoms with Crippen LogP contribution >= 0.6 is 0 Å². The Morgan fingerprint density at radius 2 is 1.88 bits per heavy atom. The highest BCUT2D eigenvalue weighted by molar-refractivity contribution is 6.07. The van der Waals surface area contributed by atoms with Crippen molar-refractivity contribution in [2.75, 3.05) is 6.54 Å². The summed E-state index contributed by atoms with van der Waals surface area (Å²) >= 11 is 0. The molecule has 3 aliphatic rings. The van der Waals surface area contributed by atoms with Crippen LogP contribution < -0.4 is 0 Å². The third-order valence-corrected chi connectivity index (χ3v) is 3.89. The lowest BCUT2D eigenvalue weighted by molar-refractivity contribution is -0.139. The van der Waals surface area contributed by atoms with E-state index in [-0.39, 0.29) is 29.8 Å². The minimum absolute atomic E-state index is 0.0686. The third kappa shape index (κ3) is 1.14. The van der Waals surface area contributed by atoms with Crippen LogP contribution in [-0.2, 0) is 9.59 Å². The van der Waals surface area contributed by atoms with Crippen molar-refractivity contribution >= 4 is 17.8 Å². The molecule has 5 nitrogen and oxygen atoms in total. The Hall–Kier alpha value is -1.39. The van der Waals surface area contributed by atoms with Gasteiger partial charge in [0, 0.05) is 13.0 Å². The molecular weight excluding hydrogens is 208 g/mol. The largest absolute Gasteiger partial charge is 0.333 e. The predicted octanol–water partition coefficient (Wildman–Crippen LogP) is 0.740. The second-order valence-corrected chi connectivity index (χ2v) is 4.74. The Bertz CT molecular complexity index is 379. The monoisotopic (exact) mass is 222 g/mol. The van der Waals surface area contributed by atoms with Crippen molar-refractivity contribution in [3.8, 4) is 0 Å². The number of rotatable bonds is 0. The average Bonchev–Trinajstić information content (AvgIpc) is 2.44. The maximum atomic E-state index is 12.0. The van der Waals surface area contributed by atoms with Crippen LogP contribution in [0.5, 0.6) is 0 Å². The number of imide groups is 2. The van der Waals surface area contributed by atoms with E-state index in [0.717, 1.165) is 25.7 Å². The van der Waals surface area contributed by atoms with Crippen LogP contribution in [0.4, 0.5) is 4.79 Å². The summed E-state index contributed by atoms with van der Waals surface area (Å²) in [6.07, 6.45) is 3.72. The molecule has 0 radical (unpaired) electrons. The molecule has 0 spiro atoms. The van der Waals surface area contributed by atoms with Gasteiger partial charge in [-0.25, -0.2) is 4.79 Å². The van der Waals surface area contributed by atoms with Crippen LogP contribution in [0, 0.1) is 5.92 Å². The summed E-state index contributed by atoms with van der Waals surface area (Å²) in [4.78, 5) is 38.3. The second-order valence-electron chi connectivity index (χ2n) is 4.74. The number of hydrogen-bond acceptors (Lipinski definition) is 3. The lowest BCUT2D eigenvalue weighted by atomic mass is 9.92. The number of carbonyl (C=O) groups is 3. The Morgan fingerprint density at radius 3 is 2.69 bits per heavy atom. The molecule has 0 aliphatic carbocycles. The molecule has 4 amide bonds. The molecular formula is C11H14N2O3. The molecule has 0 aromatic heterocycles. The number of urea groups is 1. The number of fused-ring (bicyclic) bond motifs is 4.